The highest BCUT2D eigenvalue weighted by atomic mass is 32.2. The number of benzene rings is 1. The van der Waals surface area contributed by atoms with Gasteiger partial charge in [-0.25, -0.2) is 4.98 Å². The monoisotopic (exact) mass is 334 g/mol. The van der Waals surface area contributed by atoms with Gasteiger partial charge in [0.15, 0.2) is 11.5 Å². The highest BCUT2D eigenvalue weighted by Crippen LogP contribution is 2.31. The lowest BCUT2D eigenvalue weighted by molar-refractivity contribution is 0.162. The van der Waals surface area contributed by atoms with Crippen molar-refractivity contribution >= 4 is 34.6 Å². The fourth-order valence-electron chi connectivity index (χ4n) is 3.42. The fraction of sp³-hybridized carbons (Fsp3) is 0.588. The maximum Gasteiger partial charge on any atom is 0.199 e. The molecule has 3 heterocycles. The molecule has 0 N–H and O–H groups in total. The number of oxazole rings is 1. The molecule has 2 saturated heterocycles. The van der Waals surface area contributed by atoms with Crippen LogP contribution < -0.4 is 0 Å². The Labute approximate surface area is 140 Å². The summed E-state index contributed by atoms with van der Waals surface area (Å²) in [4.78, 5) is 7.42. The molecule has 0 radical (unpaired) electrons. The largest absolute Gasteiger partial charge is 0.440 e. The van der Waals surface area contributed by atoms with Gasteiger partial charge in [-0.1, -0.05) is 12.1 Å². The first-order chi connectivity index (χ1) is 10.9. The van der Waals surface area contributed by atoms with E-state index >= 15 is 0 Å². The molecule has 2 fully saturated rings. The molecular formula is C17H22N2OS2. The predicted molar refractivity (Wildman–Crippen MR) is 96.0 cm³/mol. The Hall–Kier alpha value is -0.650. The molecule has 0 spiro atoms. The van der Waals surface area contributed by atoms with Crippen molar-refractivity contribution < 1.29 is 4.42 Å². The van der Waals surface area contributed by atoms with Crippen LogP contribution in [0.1, 0.15) is 24.7 Å². The van der Waals surface area contributed by atoms with Crippen molar-refractivity contribution in [3.8, 4) is 0 Å². The van der Waals surface area contributed by atoms with E-state index in [1.165, 1.54) is 42.4 Å². The summed E-state index contributed by atoms with van der Waals surface area (Å²) >= 11 is 4.23. The van der Waals surface area contributed by atoms with Crippen LogP contribution in [0.2, 0.25) is 0 Å². The molecule has 4 rings (SSSR count). The maximum atomic E-state index is 6.02. The molecule has 3 nitrogen and oxygen atoms in total. The number of aromatic nitrogens is 1. The summed E-state index contributed by atoms with van der Waals surface area (Å²) in [5.74, 6) is 6.59. The molecule has 5 heteroatoms. The van der Waals surface area contributed by atoms with E-state index in [2.05, 4.69) is 28.4 Å². The molecule has 1 aromatic carbocycles. The molecule has 2 aromatic rings. The lowest BCUT2D eigenvalue weighted by Crippen LogP contribution is -2.44. The first-order valence-corrected chi connectivity index (χ1v) is 10.5. The Morgan fingerprint density at radius 3 is 2.77 bits per heavy atom. The van der Waals surface area contributed by atoms with Crippen LogP contribution in [-0.2, 0) is 0 Å². The van der Waals surface area contributed by atoms with Crippen LogP contribution in [0.5, 0.6) is 0 Å². The van der Waals surface area contributed by atoms with Crippen molar-refractivity contribution in [3.05, 3.63) is 30.2 Å². The summed E-state index contributed by atoms with van der Waals surface area (Å²) < 4.78 is 6.02. The summed E-state index contributed by atoms with van der Waals surface area (Å²) in [6, 6.07) is 8.84. The standard InChI is InChI=1S/C17H22N2OS2/c1-2-6-16-15(5-1)18-17(20-16)13-4-3-7-19(10-13)14-11-21-8-9-22-12-14/h1-2,5-6,13-14H,3-4,7-12H2/t13-/m0/s1. The van der Waals surface area contributed by atoms with Gasteiger partial charge in [-0.3, -0.25) is 4.90 Å². The Bertz CT molecular complexity index is 589. The average Bonchev–Trinajstić information content (AvgIpc) is 2.81. The molecule has 0 aliphatic carbocycles. The number of likely N-dealkylation sites (tertiary alicyclic amines) is 1. The zero-order valence-electron chi connectivity index (χ0n) is 12.7. The Kier molecular flexibility index (Phi) is 4.64. The van der Waals surface area contributed by atoms with E-state index in [9.17, 15) is 0 Å². The first-order valence-electron chi connectivity index (χ1n) is 8.15. The number of fused-ring (bicyclic) bond motifs is 1. The molecule has 0 amide bonds. The topological polar surface area (TPSA) is 29.3 Å². The zero-order valence-corrected chi connectivity index (χ0v) is 14.4. The minimum Gasteiger partial charge on any atom is -0.440 e. The van der Waals surface area contributed by atoms with E-state index in [4.69, 9.17) is 9.40 Å². The quantitative estimate of drug-likeness (QED) is 0.832. The third-order valence-electron chi connectivity index (χ3n) is 4.62. The van der Waals surface area contributed by atoms with Gasteiger partial charge in [0.05, 0.1) is 0 Å². The molecule has 2 aliphatic rings. The predicted octanol–water partition coefficient (Wildman–Crippen LogP) is 3.86. The number of hydrogen-bond acceptors (Lipinski definition) is 5. The lowest BCUT2D eigenvalue weighted by Gasteiger charge is -2.36. The van der Waals surface area contributed by atoms with Gasteiger partial charge < -0.3 is 4.42 Å². The molecule has 2 aliphatic heterocycles. The number of para-hydroxylation sites is 2. The van der Waals surface area contributed by atoms with E-state index in [-0.39, 0.29) is 0 Å². The van der Waals surface area contributed by atoms with Gasteiger partial charge in [-0.15, -0.1) is 0 Å². The van der Waals surface area contributed by atoms with Crippen molar-refractivity contribution in [1.29, 1.82) is 0 Å². The smallest absolute Gasteiger partial charge is 0.199 e. The van der Waals surface area contributed by atoms with Crippen molar-refractivity contribution in [3.63, 3.8) is 0 Å². The van der Waals surface area contributed by atoms with E-state index in [0.717, 1.165) is 29.6 Å². The Balaban J connectivity index is 1.50. The minimum atomic E-state index is 0.458. The van der Waals surface area contributed by atoms with Crippen LogP contribution >= 0.6 is 23.5 Å². The number of nitrogens with zero attached hydrogens (tertiary/aromatic N) is 2. The van der Waals surface area contributed by atoms with Crippen LogP contribution in [0.4, 0.5) is 0 Å². The second-order valence-electron chi connectivity index (χ2n) is 6.16. The third-order valence-corrected chi connectivity index (χ3v) is 7.11. The summed E-state index contributed by atoms with van der Waals surface area (Å²) in [5, 5.41) is 0. The summed E-state index contributed by atoms with van der Waals surface area (Å²) in [7, 11) is 0. The minimum absolute atomic E-state index is 0.458. The lowest BCUT2D eigenvalue weighted by atomic mass is 9.97. The van der Waals surface area contributed by atoms with Crippen LogP contribution in [0, 0.1) is 0 Å². The SMILES string of the molecule is c1ccc2oc([C@H]3CCCN(C4CSCCSC4)C3)nc2c1. The van der Waals surface area contributed by atoms with E-state index in [1.54, 1.807) is 0 Å². The van der Waals surface area contributed by atoms with Crippen molar-refractivity contribution in [2.24, 2.45) is 0 Å². The summed E-state index contributed by atoms with van der Waals surface area (Å²) in [5.41, 5.74) is 1.92. The van der Waals surface area contributed by atoms with Crippen LogP contribution in [-0.4, -0.2) is 52.0 Å². The molecule has 1 atom stereocenters. The number of rotatable bonds is 2. The van der Waals surface area contributed by atoms with Crippen LogP contribution in [0.3, 0.4) is 0 Å². The van der Waals surface area contributed by atoms with Crippen LogP contribution in [0.15, 0.2) is 28.7 Å². The molecule has 118 valence electrons. The molecule has 0 unspecified atom stereocenters. The number of piperidine rings is 1. The Morgan fingerprint density at radius 2 is 1.95 bits per heavy atom. The number of thioether (sulfide) groups is 2. The van der Waals surface area contributed by atoms with Crippen molar-refractivity contribution in [2.45, 2.75) is 24.8 Å². The van der Waals surface area contributed by atoms with Gasteiger partial charge in [-0.05, 0) is 31.5 Å². The highest BCUT2D eigenvalue weighted by Gasteiger charge is 2.30. The third kappa shape index (κ3) is 3.17. The van der Waals surface area contributed by atoms with Crippen molar-refractivity contribution in [1.82, 2.24) is 9.88 Å². The molecule has 22 heavy (non-hydrogen) atoms. The van der Waals surface area contributed by atoms with Gasteiger partial charge in [-0.2, -0.15) is 23.5 Å². The number of hydrogen-bond donors (Lipinski definition) is 0. The molecule has 0 bridgehead atoms. The van der Waals surface area contributed by atoms with Crippen LogP contribution in [0.25, 0.3) is 11.1 Å². The molecule has 0 saturated carbocycles. The first kappa shape index (κ1) is 14.9. The van der Waals surface area contributed by atoms with Gasteiger partial charge in [0.1, 0.15) is 5.52 Å². The maximum absolute atomic E-state index is 6.02. The van der Waals surface area contributed by atoms with Gasteiger partial charge >= 0.3 is 0 Å². The summed E-state index contributed by atoms with van der Waals surface area (Å²) in [6.07, 6.45) is 2.46. The zero-order chi connectivity index (χ0) is 14.8. The van der Waals surface area contributed by atoms with Crippen molar-refractivity contribution in [2.75, 3.05) is 36.1 Å². The second kappa shape index (κ2) is 6.85. The van der Waals surface area contributed by atoms with Gasteiger partial charge in [0.2, 0.25) is 0 Å². The molecule has 1 aromatic heterocycles. The normalized spacial score (nSPS) is 25.4. The van der Waals surface area contributed by atoms with Gasteiger partial charge in [0.25, 0.3) is 0 Å². The summed E-state index contributed by atoms with van der Waals surface area (Å²) in [6.45, 7) is 2.35. The fourth-order valence-corrected chi connectivity index (χ4v) is 6.05. The van der Waals surface area contributed by atoms with E-state index in [0.29, 0.717) is 5.92 Å². The second-order valence-corrected chi connectivity index (χ2v) is 8.46. The molecular weight excluding hydrogens is 312 g/mol. The van der Waals surface area contributed by atoms with E-state index < -0.39 is 0 Å². The van der Waals surface area contributed by atoms with Gasteiger partial charge in [0, 0.05) is 41.5 Å². The Morgan fingerprint density at radius 1 is 1.14 bits per heavy atom. The average molecular weight is 335 g/mol. The highest BCUT2D eigenvalue weighted by molar-refractivity contribution is 8.03. The van der Waals surface area contributed by atoms with E-state index in [1.807, 2.05) is 24.3 Å².